The van der Waals surface area contributed by atoms with E-state index in [2.05, 4.69) is 236 Å². The van der Waals surface area contributed by atoms with Gasteiger partial charge in [-0.2, -0.15) is 0 Å². The van der Waals surface area contributed by atoms with Crippen LogP contribution in [0.1, 0.15) is 126 Å². The number of anilines is 3. The standard InChI is InChI=1S/C65H61N/c1-61(2)35-36-63(5,6)57-39-44(33-34-54(57)61)42-29-31-43(32-30-42)49-40-50-48-23-14-17-26-53(48)65(51-24-15-12-21-46(51)47-22-13-16-25-52(47)65)56(50)41-59(49)66(45-19-10-9-11-20-45)58-28-18-27-55-60(58)64(7,8)38-37-62(55,3)4/h9-34,39-41H,35-38H2,1-8H3. The molecule has 8 aromatic rings. The average Bonchev–Trinajstić information content (AvgIpc) is 3.79. The van der Waals surface area contributed by atoms with Gasteiger partial charge in [-0.15, -0.1) is 0 Å². The summed E-state index contributed by atoms with van der Waals surface area (Å²) in [5, 5.41) is 0. The lowest BCUT2D eigenvalue weighted by molar-refractivity contribution is 0.332. The van der Waals surface area contributed by atoms with E-state index < -0.39 is 5.41 Å². The molecular formula is C65H61N. The molecule has 0 saturated carbocycles. The van der Waals surface area contributed by atoms with Crippen molar-refractivity contribution in [2.45, 2.75) is 108 Å². The van der Waals surface area contributed by atoms with Crippen molar-refractivity contribution in [2.24, 2.45) is 0 Å². The number of benzene rings is 8. The van der Waals surface area contributed by atoms with E-state index in [0.29, 0.717) is 0 Å². The Bertz CT molecular complexity index is 3200. The second kappa shape index (κ2) is 14.3. The largest absolute Gasteiger partial charge is 0.310 e. The molecule has 66 heavy (non-hydrogen) atoms. The van der Waals surface area contributed by atoms with Crippen molar-refractivity contribution >= 4 is 17.1 Å². The highest BCUT2D eigenvalue weighted by molar-refractivity contribution is 6.00. The van der Waals surface area contributed by atoms with Gasteiger partial charge in [-0.25, -0.2) is 0 Å². The van der Waals surface area contributed by atoms with E-state index in [1.165, 1.54) is 119 Å². The monoisotopic (exact) mass is 855 g/mol. The normalized spacial score (nSPS) is 18.1. The summed E-state index contributed by atoms with van der Waals surface area (Å²) in [6.45, 7) is 19.5. The lowest BCUT2D eigenvalue weighted by atomic mass is 9.62. The molecule has 0 N–H and O–H groups in total. The molecule has 0 aromatic heterocycles. The fourth-order valence-electron chi connectivity index (χ4n) is 13.0. The minimum atomic E-state index is -0.467. The molecule has 0 fully saturated rings. The lowest BCUT2D eigenvalue weighted by Gasteiger charge is -2.45. The molecule has 4 aliphatic rings. The molecule has 8 aromatic carbocycles. The van der Waals surface area contributed by atoms with Crippen molar-refractivity contribution in [3.8, 4) is 44.5 Å². The fourth-order valence-corrected chi connectivity index (χ4v) is 13.0. The molecule has 0 radical (unpaired) electrons. The topological polar surface area (TPSA) is 3.24 Å². The van der Waals surface area contributed by atoms with Crippen molar-refractivity contribution in [2.75, 3.05) is 4.90 Å². The van der Waals surface area contributed by atoms with E-state index in [4.69, 9.17) is 0 Å². The first-order chi connectivity index (χ1) is 31.7. The maximum Gasteiger partial charge on any atom is 0.0726 e. The fraction of sp³-hybridized carbons (Fsp3) is 0.262. The Morgan fingerprint density at radius 3 is 1.41 bits per heavy atom. The number of nitrogens with zero attached hydrogens (tertiary/aromatic N) is 1. The number of fused-ring (bicyclic) bond motifs is 12. The first-order valence-corrected chi connectivity index (χ1v) is 24.4. The van der Waals surface area contributed by atoms with Crippen LogP contribution in [0, 0.1) is 0 Å². The smallest absolute Gasteiger partial charge is 0.0726 e. The van der Waals surface area contributed by atoms with Crippen LogP contribution in [0.5, 0.6) is 0 Å². The van der Waals surface area contributed by atoms with Gasteiger partial charge >= 0.3 is 0 Å². The second-order valence-corrected chi connectivity index (χ2v) is 22.5. The minimum absolute atomic E-state index is 0.0214. The van der Waals surface area contributed by atoms with Crippen molar-refractivity contribution in [1.82, 2.24) is 0 Å². The second-order valence-electron chi connectivity index (χ2n) is 22.5. The maximum absolute atomic E-state index is 2.63. The van der Waals surface area contributed by atoms with E-state index >= 15 is 0 Å². The molecule has 4 aliphatic carbocycles. The number of hydrogen-bond donors (Lipinski definition) is 0. The molecule has 0 aliphatic heterocycles. The zero-order valence-corrected chi connectivity index (χ0v) is 40.0. The molecule has 0 amide bonds. The summed E-state index contributed by atoms with van der Waals surface area (Å²) in [6, 6.07) is 67.9. The maximum atomic E-state index is 2.63. The van der Waals surface area contributed by atoms with Crippen molar-refractivity contribution < 1.29 is 0 Å². The van der Waals surface area contributed by atoms with Gasteiger partial charge in [0, 0.05) is 11.3 Å². The van der Waals surface area contributed by atoms with Crippen LogP contribution in [-0.4, -0.2) is 0 Å². The third-order valence-corrected chi connectivity index (χ3v) is 16.8. The highest BCUT2D eigenvalue weighted by Gasteiger charge is 2.52. The van der Waals surface area contributed by atoms with Gasteiger partial charge in [0.15, 0.2) is 0 Å². The number of rotatable bonds is 5. The van der Waals surface area contributed by atoms with Gasteiger partial charge in [0.05, 0.1) is 16.8 Å². The van der Waals surface area contributed by atoms with Gasteiger partial charge in [0.2, 0.25) is 0 Å². The van der Waals surface area contributed by atoms with E-state index in [-0.39, 0.29) is 21.7 Å². The Kier molecular flexibility index (Phi) is 8.88. The summed E-state index contributed by atoms with van der Waals surface area (Å²) in [4.78, 5) is 2.63. The zero-order chi connectivity index (χ0) is 45.4. The summed E-state index contributed by atoms with van der Waals surface area (Å²) in [7, 11) is 0. The van der Waals surface area contributed by atoms with E-state index in [1.807, 2.05) is 0 Å². The summed E-state index contributed by atoms with van der Waals surface area (Å²) in [5.74, 6) is 0. The molecule has 12 rings (SSSR count). The van der Waals surface area contributed by atoms with Gasteiger partial charge in [-0.05, 0) is 161 Å². The van der Waals surface area contributed by atoms with Crippen LogP contribution in [-0.2, 0) is 27.1 Å². The summed E-state index contributed by atoms with van der Waals surface area (Å²) in [5.41, 5.74) is 25.2. The number of para-hydroxylation sites is 1. The van der Waals surface area contributed by atoms with Crippen LogP contribution < -0.4 is 4.90 Å². The van der Waals surface area contributed by atoms with Crippen LogP contribution in [0.4, 0.5) is 17.1 Å². The third-order valence-electron chi connectivity index (χ3n) is 16.8. The summed E-state index contributed by atoms with van der Waals surface area (Å²) >= 11 is 0. The SMILES string of the molecule is CC1(C)CCC(C)(C)c2cc(-c3ccc(-c4cc5c(cc4N(c4ccccc4)c4cccc6c4C(C)(C)CCC6(C)C)C4(c6ccccc6-c6ccccc64)c4ccccc4-5)cc3)ccc21. The molecule has 1 heteroatoms. The van der Waals surface area contributed by atoms with Gasteiger partial charge in [0.25, 0.3) is 0 Å². The summed E-state index contributed by atoms with van der Waals surface area (Å²) < 4.78 is 0. The van der Waals surface area contributed by atoms with Crippen molar-refractivity contribution in [3.63, 3.8) is 0 Å². The van der Waals surface area contributed by atoms with Crippen molar-refractivity contribution in [1.29, 1.82) is 0 Å². The van der Waals surface area contributed by atoms with Crippen molar-refractivity contribution in [3.05, 3.63) is 220 Å². The van der Waals surface area contributed by atoms with E-state index in [1.54, 1.807) is 0 Å². The Morgan fingerprint density at radius 2 is 0.788 bits per heavy atom. The molecule has 1 spiro atoms. The van der Waals surface area contributed by atoms with Crippen LogP contribution in [0.15, 0.2) is 176 Å². The molecular weight excluding hydrogens is 795 g/mol. The molecule has 326 valence electrons. The van der Waals surface area contributed by atoms with Gasteiger partial charge < -0.3 is 4.90 Å². The first kappa shape index (κ1) is 41.0. The quantitative estimate of drug-likeness (QED) is 0.167. The Labute approximate surface area is 393 Å². The molecule has 0 atom stereocenters. The highest BCUT2D eigenvalue weighted by atomic mass is 15.1. The van der Waals surface area contributed by atoms with E-state index in [0.717, 1.165) is 12.8 Å². The lowest BCUT2D eigenvalue weighted by Crippen LogP contribution is -2.35. The predicted octanol–water partition coefficient (Wildman–Crippen LogP) is 17.5. The molecule has 1 nitrogen and oxygen atoms in total. The number of hydrogen-bond acceptors (Lipinski definition) is 1. The predicted molar refractivity (Wildman–Crippen MR) is 279 cm³/mol. The van der Waals surface area contributed by atoms with Crippen LogP contribution in [0.3, 0.4) is 0 Å². The Morgan fingerprint density at radius 1 is 0.303 bits per heavy atom. The van der Waals surface area contributed by atoms with Gasteiger partial charge in [0.1, 0.15) is 0 Å². The van der Waals surface area contributed by atoms with Crippen LogP contribution >= 0.6 is 0 Å². The average molecular weight is 856 g/mol. The molecule has 0 unspecified atom stereocenters. The molecule has 0 bridgehead atoms. The zero-order valence-electron chi connectivity index (χ0n) is 40.0. The summed E-state index contributed by atoms with van der Waals surface area (Å²) in [6.07, 6.45) is 4.72. The molecule has 0 heterocycles. The van der Waals surface area contributed by atoms with Crippen LogP contribution in [0.25, 0.3) is 44.5 Å². The minimum Gasteiger partial charge on any atom is -0.310 e. The Hall–Kier alpha value is -6.44. The van der Waals surface area contributed by atoms with Gasteiger partial charge in [-0.3, -0.25) is 0 Å². The van der Waals surface area contributed by atoms with Crippen LogP contribution in [0.2, 0.25) is 0 Å². The third kappa shape index (κ3) is 5.84. The Balaban J connectivity index is 1.15. The van der Waals surface area contributed by atoms with E-state index in [9.17, 15) is 0 Å². The first-order valence-electron chi connectivity index (χ1n) is 24.4. The molecule has 0 saturated heterocycles. The highest BCUT2D eigenvalue weighted by Crippen LogP contribution is 2.64. The van der Waals surface area contributed by atoms with Gasteiger partial charge in [-0.1, -0.05) is 201 Å².